The molecule has 0 rings (SSSR count). The molecule has 0 saturated heterocycles. The van der Waals surface area contributed by atoms with E-state index < -0.39 is 0 Å². The summed E-state index contributed by atoms with van der Waals surface area (Å²) in [5.74, 6) is 0.939. The lowest BCUT2D eigenvalue weighted by atomic mass is 10.1. The molecule has 0 bridgehead atoms. The highest BCUT2D eigenvalue weighted by Gasteiger charge is 1.93. The Kier molecular flexibility index (Phi) is 19.2. The van der Waals surface area contributed by atoms with Gasteiger partial charge in [0.1, 0.15) is 0 Å². The van der Waals surface area contributed by atoms with Crippen LogP contribution in [0.1, 0.15) is 71.1 Å². The molecule has 136 valence electrons. The normalized spacial score (nSPS) is 11.2. The Hall–Kier alpha value is -0.450. The summed E-state index contributed by atoms with van der Waals surface area (Å²) in [6.07, 6.45) is 18.1. The second-order valence-corrected chi connectivity index (χ2v) is 6.86. The number of rotatable bonds is 18. The molecule has 0 aliphatic heterocycles. The molecule has 0 aliphatic rings. The van der Waals surface area contributed by atoms with E-state index in [-0.39, 0.29) is 0 Å². The van der Waals surface area contributed by atoms with E-state index in [1.807, 2.05) is 13.1 Å². The van der Waals surface area contributed by atoms with Crippen molar-refractivity contribution < 1.29 is 0 Å². The molecule has 0 amide bonds. The number of nitrogens with one attached hydrogen (secondary N) is 3. The Balaban J connectivity index is 3.05. The van der Waals surface area contributed by atoms with E-state index in [0.717, 1.165) is 24.7 Å². The Bertz CT molecular complexity index is 280. The van der Waals surface area contributed by atoms with Gasteiger partial charge in [-0.15, -0.1) is 0 Å². The van der Waals surface area contributed by atoms with E-state index >= 15 is 0 Å². The van der Waals surface area contributed by atoms with Crippen LogP contribution in [0.15, 0.2) is 24.4 Å². The van der Waals surface area contributed by atoms with Crippen LogP contribution in [0.4, 0.5) is 0 Å². The molecule has 0 atom stereocenters. The van der Waals surface area contributed by atoms with Crippen LogP contribution < -0.4 is 15.4 Å². The molecule has 0 heterocycles. The first-order valence-corrected chi connectivity index (χ1v) is 10.4. The molecule has 0 fully saturated rings. The van der Waals surface area contributed by atoms with Crippen molar-refractivity contribution in [2.45, 2.75) is 71.1 Å². The van der Waals surface area contributed by atoms with Gasteiger partial charge in [-0.3, -0.25) is 4.72 Å². The van der Waals surface area contributed by atoms with Gasteiger partial charge < -0.3 is 10.6 Å². The molecule has 3 nitrogen and oxygen atoms in total. The first-order valence-electron chi connectivity index (χ1n) is 9.39. The van der Waals surface area contributed by atoms with Crippen LogP contribution in [0.3, 0.4) is 0 Å². The lowest BCUT2D eigenvalue weighted by Crippen LogP contribution is -2.17. The minimum absolute atomic E-state index is 0.883. The summed E-state index contributed by atoms with van der Waals surface area (Å²) in [7, 11) is 1.88. The van der Waals surface area contributed by atoms with E-state index in [2.05, 4.69) is 34.9 Å². The molecular formula is C19H39N3S. The largest absolute Gasteiger partial charge is 0.389 e. The lowest BCUT2D eigenvalue weighted by molar-refractivity contribution is 0.556. The maximum Gasteiger partial charge on any atom is 0.0568 e. The van der Waals surface area contributed by atoms with Crippen molar-refractivity contribution in [3.05, 3.63) is 24.4 Å². The Morgan fingerprint density at radius 1 is 0.957 bits per heavy atom. The van der Waals surface area contributed by atoms with Crippen molar-refractivity contribution in [1.29, 1.82) is 0 Å². The van der Waals surface area contributed by atoms with Gasteiger partial charge in [0.05, 0.1) is 5.88 Å². The van der Waals surface area contributed by atoms with E-state index in [4.69, 9.17) is 0 Å². The van der Waals surface area contributed by atoms with Crippen LogP contribution in [-0.2, 0) is 0 Å². The molecule has 3 N–H and O–H groups in total. The van der Waals surface area contributed by atoms with Gasteiger partial charge in [0.15, 0.2) is 0 Å². The second kappa shape index (κ2) is 19.6. The van der Waals surface area contributed by atoms with Crippen LogP contribution >= 0.6 is 11.9 Å². The zero-order chi connectivity index (χ0) is 17.0. The SMILES string of the molecule is C=C(/C=C\CNCSNCCCCCCCCCCCC)NC. The summed E-state index contributed by atoms with van der Waals surface area (Å²) in [6, 6.07) is 0. The molecule has 23 heavy (non-hydrogen) atoms. The summed E-state index contributed by atoms with van der Waals surface area (Å²) in [5.41, 5.74) is 0.943. The van der Waals surface area contributed by atoms with Crippen molar-refractivity contribution in [2.75, 3.05) is 26.0 Å². The minimum atomic E-state index is 0.883. The Labute approximate surface area is 149 Å². The van der Waals surface area contributed by atoms with Crippen LogP contribution in [0, 0.1) is 0 Å². The average molecular weight is 342 g/mol. The fourth-order valence-electron chi connectivity index (χ4n) is 2.29. The average Bonchev–Trinajstić information content (AvgIpc) is 2.57. The molecule has 0 aromatic heterocycles. The molecule has 0 saturated carbocycles. The molecule has 0 aromatic rings. The van der Waals surface area contributed by atoms with Crippen molar-refractivity contribution in [1.82, 2.24) is 15.4 Å². The predicted octanol–water partition coefficient (Wildman–Crippen LogP) is 4.98. The molecule has 0 aliphatic carbocycles. The summed E-state index contributed by atoms with van der Waals surface area (Å²) in [4.78, 5) is 0. The fraction of sp³-hybridized carbons (Fsp3) is 0.789. The molecular weight excluding hydrogens is 302 g/mol. The third kappa shape index (κ3) is 19.5. The third-order valence-electron chi connectivity index (χ3n) is 3.81. The number of allylic oxidation sites excluding steroid dienone is 1. The van der Waals surface area contributed by atoms with Gasteiger partial charge in [-0.1, -0.05) is 89.3 Å². The van der Waals surface area contributed by atoms with Gasteiger partial charge in [-0.2, -0.15) is 0 Å². The van der Waals surface area contributed by atoms with E-state index in [9.17, 15) is 0 Å². The van der Waals surface area contributed by atoms with Crippen molar-refractivity contribution in [3.63, 3.8) is 0 Å². The smallest absolute Gasteiger partial charge is 0.0568 e. The molecule has 0 unspecified atom stereocenters. The minimum Gasteiger partial charge on any atom is -0.389 e. The molecule has 0 aromatic carbocycles. The van der Waals surface area contributed by atoms with E-state index in [0.29, 0.717) is 0 Å². The summed E-state index contributed by atoms with van der Waals surface area (Å²) < 4.78 is 3.42. The van der Waals surface area contributed by atoms with Gasteiger partial charge in [0.25, 0.3) is 0 Å². The first kappa shape index (κ1) is 22.6. The van der Waals surface area contributed by atoms with E-state index in [1.54, 1.807) is 11.9 Å². The van der Waals surface area contributed by atoms with Crippen LogP contribution in [-0.4, -0.2) is 26.0 Å². The van der Waals surface area contributed by atoms with Gasteiger partial charge in [0.2, 0.25) is 0 Å². The van der Waals surface area contributed by atoms with Gasteiger partial charge in [0, 0.05) is 25.8 Å². The maximum atomic E-state index is 3.84. The standard InChI is InChI=1S/C19H39N3S/c1-4-5-6-7-8-9-10-11-12-13-17-22-23-18-21-16-14-15-19(2)20-3/h14-15,20-22H,2,4-13,16-18H2,1,3H3/b15-14-. The number of hydrogen-bond donors (Lipinski definition) is 3. The summed E-state index contributed by atoms with van der Waals surface area (Å²) in [5, 5.41) is 6.34. The third-order valence-corrected chi connectivity index (χ3v) is 4.57. The highest BCUT2D eigenvalue weighted by atomic mass is 32.2. The van der Waals surface area contributed by atoms with Crippen molar-refractivity contribution in [2.24, 2.45) is 0 Å². The number of likely N-dealkylation sites (N-methyl/N-ethyl adjacent to an activating group) is 1. The van der Waals surface area contributed by atoms with Crippen LogP contribution in [0.2, 0.25) is 0 Å². The topological polar surface area (TPSA) is 36.1 Å². The Morgan fingerprint density at radius 2 is 1.57 bits per heavy atom. The zero-order valence-corrected chi connectivity index (χ0v) is 16.3. The number of hydrogen-bond acceptors (Lipinski definition) is 4. The van der Waals surface area contributed by atoms with Crippen molar-refractivity contribution in [3.8, 4) is 0 Å². The summed E-state index contributed by atoms with van der Waals surface area (Å²) >= 11 is 1.76. The van der Waals surface area contributed by atoms with Crippen molar-refractivity contribution >= 4 is 11.9 Å². The van der Waals surface area contributed by atoms with Gasteiger partial charge in [-0.25, -0.2) is 0 Å². The van der Waals surface area contributed by atoms with Crippen LogP contribution in [0.5, 0.6) is 0 Å². The summed E-state index contributed by atoms with van der Waals surface area (Å²) in [6.45, 7) is 8.12. The molecule has 4 heteroatoms. The van der Waals surface area contributed by atoms with Crippen LogP contribution in [0.25, 0.3) is 0 Å². The quantitative estimate of drug-likeness (QED) is 0.142. The number of unbranched alkanes of at least 4 members (excludes halogenated alkanes) is 9. The first-order chi connectivity index (χ1) is 11.3. The maximum absolute atomic E-state index is 3.84. The van der Waals surface area contributed by atoms with Gasteiger partial charge >= 0.3 is 0 Å². The highest BCUT2D eigenvalue weighted by molar-refractivity contribution is 7.97. The Morgan fingerprint density at radius 3 is 2.17 bits per heavy atom. The predicted molar refractivity (Wildman–Crippen MR) is 108 cm³/mol. The highest BCUT2D eigenvalue weighted by Crippen LogP contribution is 2.10. The zero-order valence-electron chi connectivity index (χ0n) is 15.5. The molecule has 0 spiro atoms. The monoisotopic (exact) mass is 341 g/mol. The van der Waals surface area contributed by atoms with Gasteiger partial charge in [-0.05, 0) is 12.5 Å². The van der Waals surface area contributed by atoms with E-state index in [1.165, 1.54) is 64.2 Å². The second-order valence-electron chi connectivity index (χ2n) is 6.00. The fourth-order valence-corrected chi connectivity index (χ4v) is 2.90. The lowest BCUT2D eigenvalue weighted by Gasteiger charge is -2.05. The molecule has 0 radical (unpaired) electrons.